The van der Waals surface area contributed by atoms with E-state index in [4.69, 9.17) is 11.5 Å². The lowest BCUT2D eigenvalue weighted by molar-refractivity contribution is 1.55. The molecule has 0 aliphatic rings. The van der Waals surface area contributed by atoms with E-state index < -0.39 is 0 Å². The van der Waals surface area contributed by atoms with Crippen LogP contribution in [0.1, 0.15) is 0 Å². The number of hydrogen-bond acceptors (Lipinski definition) is 2. The third-order valence-corrected chi connectivity index (χ3v) is 3.46. The van der Waals surface area contributed by atoms with Crippen LogP contribution < -0.4 is 11.5 Å². The maximum absolute atomic E-state index is 6.03. The maximum Gasteiger partial charge on any atom is 0.0539 e. The van der Waals surface area contributed by atoms with Crippen molar-refractivity contribution in [3.8, 4) is 11.1 Å². The van der Waals surface area contributed by atoms with Crippen LogP contribution in [0.4, 0.5) is 11.4 Å². The number of para-hydroxylation sites is 1. The zero-order valence-electron chi connectivity index (χ0n) is 8.37. The van der Waals surface area contributed by atoms with Crippen molar-refractivity contribution in [1.29, 1.82) is 0 Å². The van der Waals surface area contributed by atoms with Crippen LogP contribution in [-0.4, -0.2) is 0 Å². The summed E-state index contributed by atoms with van der Waals surface area (Å²) in [5.74, 6) is 0. The number of nitrogen functional groups attached to an aromatic ring is 2. The molecule has 0 saturated heterocycles. The molecule has 4 heteroatoms. The summed E-state index contributed by atoms with van der Waals surface area (Å²) in [6, 6.07) is 11.6. The van der Waals surface area contributed by atoms with Crippen LogP contribution in [0.5, 0.6) is 0 Å². The Kier molecular flexibility index (Phi) is 3.21. The molecule has 0 atom stereocenters. The molecule has 2 nitrogen and oxygen atoms in total. The molecule has 0 unspecified atom stereocenters. The van der Waals surface area contributed by atoms with Crippen LogP contribution in [0.25, 0.3) is 11.1 Å². The lowest BCUT2D eigenvalue weighted by atomic mass is 10.0. The SMILES string of the molecule is Nc1ccccc1-c1cc(Br)cc(Br)c1N. The quantitative estimate of drug-likeness (QED) is 0.769. The molecule has 0 aromatic heterocycles. The fourth-order valence-corrected chi connectivity index (χ4v) is 2.78. The molecule has 2 aromatic carbocycles. The van der Waals surface area contributed by atoms with E-state index in [0.717, 1.165) is 25.8 Å². The topological polar surface area (TPSA) is 52.0 Å². The molecule has 82 valence electrons. The molecule has 2 rings (SSSR count). The highest BCUT2D eigenvalue weighted by atomic mass is 79.9. The van der Waals surface area contributed by atoms with Gasteiger partial charge in [-0.15, -0.1) is 0 Å². The van der Waals surface area contributed by atoms with E-state index in [9.17, 15) is 0 Å². The number of anilines is 2. The Hall–Kier alpha value is -1.00. The van der Waals surface area contributed by atoms with Crippen LogP contribution in [0, 0.1) is 0 Å². The Balaban J connectivity index is 2.69. The van der Waals surface area contributed by atoms with E-state index in [2.05, 4.69) is 31.9 Å². The molecule has 0 amide bonds. The molecule has 0 aliphatic carbocycles. The van der Waals surface area contributed by atoms with Gasteiger partial charge in [0.05, 0.1) is 5.69 Å². The summed E-state index contributed by atoms with van der Waals surface area (Å²) in [5, 5.41) is 0. The third kappa shape index (κ3) is 2.08. The van der Waals surface area contributed by atoms with Crippen molar-refractivity contribution in [1.82, 2.24) is 0 Å². The van der Waals surface area contributed by atoms with Gasteiger partial charge in [0.2, 0.25) is 0 Å². The Labute approximate surface area is 111 Å². The van der Waals surface area contributed by atoms with Crippen LogP contribution in [0.2, 0.25) is 0 Å². The van der Waals surface area contributed by atoms with E-state index in [1.807, 2.05) is 36.4 Å². The van der Waals surface area contributed by atoms with Crippen molar-refractivity contribution in [2.45, 2.75) is 0 Å². The molecule has 0 heterocycles. The Morgan fingerprint density at radius 2 is 1.56 bits per heavy atom. The molecule has 0 radical (unpaired) electrons. The van der Waals surface area contributed by atoms with Gasteiger partial charge in [-0.25, -0.2) is 0 Å². The van der Waals surface area contributed by atoms with E-state index in [1.165, 1.54) is 0 Å². The van der Waals surface area contributed by atoms with Gasteiger partial charge >= 0.3 is 0 Å². The summed E-state index contributed by atoms with van der Waals surface area (Å²) in [7, 11) is 0. The highest BCUT2D eigenvalue weighted by Gasteiger charge is 2.09. The summed E-state index contributed by atoms with van der Waals surface area (Å²) < 4.78 is 1.83. The molecule has 0 fully saturated rings. The van der Waals surface area contributed by atoms with Crippen molar-refractivity contribution >= 4 is 43.2 Å². The van der Waals surface area contributed by atoms with Gasteiger partial charge in [0.1, 0.15) is 0 Å². The maximum atomic E-state index is 6.03. The van der Waals surface area contributed by atoms with Crippen molar-refractivity contribution in [3.05, 3.63) is 45.3 Å². The highest BCUT2D eigenvalue weighted by molar-refractivity contribution is 9.11. The molecule has 0 spiro atoms. The number of nitrogens with two attached hydrogens (primary N) is 2. The summed E-state index contributed by atoms with van der Waals surface area (Å²) in [6.07, 6.45) is 0. The van der Waals surface area contributed by atoms with E-state index in [0.29, 0.717) is 5.69 Å². The number of benzene rings is 2. The smallest absolute Gasteiger partial charge is 0.0539 e. The molecular formula is C12H10Br2N2. The molecule has 16 heavy (non-hydrogen) atoms. The van der Waals surface area contributed by atoms with Gasteiger partial charge in [0.15, 0.2) is 0 Å². The molecule has 0 bridgehead atoms. The van der Waals surface area contributed by atoms with Gasteiger partial charge in [-0.2, -0.15) is 0 Å². The lowest BCUT2D eigenvalue weighted by Crippen LogP contribution is -1.95. The average Bonchev–Trinajstić information content (AvgIpc) is 2.24. The summed E-state index contributed by atoms with van der Waals surface area (Å²) in [6.45, 7) is 0. The van der Waals surface area contributed by atoms with Crippen molar-refractivity contribution in [3.63, 3.8) is 0 Å². The normalized spacial score (nSPS) is 10.4. The fraction of sp³-hybridized carbons (Fsp3) is 0. The Morgan fingerprint density at radius 3 is 2.25 bits per heavy atom. The molecule has 0 saturated carbocycles. The minimum Gasteiger partial charge on any atom is -0.398 e. The second-order valence-corrected chi connectivity index (χ2v) is 5.21. The van der Waals surface area contributed by atoms with Crippen molar-refractivity contribution < 1.29 is 0 Å². The van der Waals surface area contributed by atoms with Gasteiger partial charge in [0.25, 0.3) is 0 Å². The predicted molar refractivity (Wildman–Crippen MR) is 76.1 cm³/mol. The third-order valence-electron chi connectivity index (χ3n) is 2.35. The summed E-state index contributed by atoms with van der Waals surface area (Å²) >= 11 is 6.87. The Bertz CT molecular complexity index is 539. The number of halogens is 2. The minimum absolute atomic E-state index is 0.695. The fourth-order valence-electron chi connectivity index (χ4n) is 1.55. The van der Waals surface area contributed by atoms with E-state index in [-0.39, 0.29) is 0 Å². The van der Waals surface area contributed by atoms with E-state index in [1.54, 1.807) is 0 Å². The van der Waals surface area contributed by atoms with Gasteiger partial charge in [-0.1, -0.05) is 34.1 Å². The summed E-state index contributed by atoms with van der Waals surface area (Å²) in [5.41, 5.74) is 15.3. The van der Waals surface area contributed by atoms with Gasteiger partial charge in [-0.3, -0.25) is 0 Å². The summed E-state index contributed by atoms with van der Waals surface area (Å²) in [4.78, 5) is 0. The van der Waals surface area contributed by atoms with Crippen LogP contribution in [0.15, 0.2) is 45.3 Å². The van der Waals surface area contributed by atoms with Gasteiger partial charge in [-0.05, 0) is 34.1 Å². The first-order chi connectivity index (χ1) is 7.59. The van der Waals surface area contributed by atoms with E-state index >= 15 is 0 Å². The highest BCUT2D eigenvalue weighted by Crippen LogP contribution is 2.37. The van der Waals surface area contributed by atoms with Crippen LogP contribution in [0.3, 0.4) is 0 Å². The first kappa shape index (κ1) is 11.5. The second kappa shape index (κ2) is 4.47. The standard InChI is InChI=1S/C12H10Br2N2/c13-7-5-9(12(16)10(14)6-7)8-3-1-2-4-11(8)15/h1-6H,15-16H2. The zero-order chi connectivity index (χ0) is 11.7. The number of rotatable bonds is 1. The second-order valence-electron chi connectivity index (χ2n) is 3.44. The van der Waals surface area contributed by atoms with Crippen LogP contribution in [-0.2, 0) is 0 Å². The van der Waals surface area contributed by atoms with Crippen molar-refractivity contribution in [2.75, 3.05) is 11.5 Å². The zero-order valence-corrected chi connectivity index (χ0v) is 11.5. The van der Waals surface area contributed by atoms with Gasteiger partial charge < -0.3 is 11.5 Å². The molecule has 2 aromatic rings. The molecule has 4 N–H and O–H groups in total. The first-order valence-electron chi connectivity index (χ1n) is 4.69. The average molecular weight is 342 g/mol. The Morgan fingerprint density at radius 1 is 0.875 bits per heavy atom. The van der Waals surface area contributed by atoms with Crippen molar-refractivity contribution in [2.24, 2.45) is 0 Å². The minimum atomic E-state index is 0.695. The monoisotopic (exact) mass is 340 g/mol. The first-order valence-corrected chi connectivity index (χ1v) is 6.27. The molecular weight excluding hydrogens is 332 g/mol. The largest absolute Gasteiger partial charge is 0.398 e. The van der Waals surface area contributed by atoms with Gasteiger partial charge in [0, 0.05) is 25.8 Å². The predicted octanol–water partition coefficient (Wildman–Crippen LogP) is 4.04. The molecule has 0 aliphatic heterocycles. The van der Waals surface area contributed by atoms with Crippen LogP contribution >= 0.6 is 31.9 Å². The number of hydrogen-bond donors (Lipinski definition) is 2. The lowest BCUT2D eigenvalue weighted by Gasteiger charge is -2.11.